The lowest BCUT2D eigenvalue weighted by atomic mass is 10.2. The number of carbonyl (C=O) groups is 1. The van der Waals surface area contributed by atoms with Crippen LogP contribution in [0.3, 0.4) is 0 Å². The monoisotopic (exact) mass is 344 g/mol. The number of likely N-dealkylation sites (tertiary alicyclic amines) is 1. The van der Waals surface area contributed by atoms with Crippen molar-refractivity contribution in [1.29, 1.82) is 0 Å². The molecule has 0 aliphatic carbocycles. The average Bonchev–Trinajstić information content (AvgIpc) is 2.89. The summed E-state index contributed by atoms with van der Waals surface area (Å²) in [5.41, 5.74) is 0.943. The molecule has 0 N–H and O–H groups in total. The van der Waals surface area contributed by atoms with Crippen LogP contribution in [0.25, 0.3) is 10.9 Å². The minimum absolute atomic E-state index is 0.000853. The van der Waals surface area contributed by atoms with Gasteiger partial charge in [-0.2, -0.15) is 0 Å². The summed E-state index contributed by atoms with van der Waals surface area (Å²) in [6.07, 6.45) is 4.64. The smallest absolute Gasteiger partial charge is 0.252 e. The van der Waals surface area contributed by atoms with E-state index in [2.05, 4.69) is 0 Å². The third kappa shape index (κ3) is 3.66. The van der Waals surface area contributed by atoms with Crippen molar-refractivity contribution in [1.82, 2.24) is 9.47 Å². The van der Waals surface area contributed by atoms with E-state index >= 15 is 0 Å². The van der Waals surface area contributed by atoms with Gasteiger partial charge < -0.3 is 9.47 Å². The minimum atomic E-state index is 0.000853. The largest absolute Gasteiger partial charge is 0.342 e. The van der Waals surface area contributed by atoms with Gasteiger partial charge in [0.2, 0.25) is 5.91 Å². The van der Waals surface area contributed by atoms with Gasteiger partial charge in [0.15, 0.2) is 0 Å². The Balaban J connectivity index is 1.80. The number of thioether (sulfide) groups is 1. The molecule has 2 heterocycles. The fourth-order valence-corrected chi connectivity index (χ4v) is 4.27. The molecule has 1 aliphatic rings. The molecule has 1 amide bonds. The molecule has 1 aliphatic heterocycles. The fourth-order valence-electron chi connectivity index (χ4n) is 3.30. The summed E-state index contributed by atoms with van der Waals surface area (Å²) in [5.74, 6) is 0.588. The maximum absolute atomic E-state index is 12.5. The molecular formula is C19H24N2O2S. The van der Waals surface area contributed by atoms with Crippen LogP contribution in [-0.4, -0.2) is 34.2 Å². The quantitative estimate of drug-likeness (QED) is 0.797. The van der Waals surface area contributed by atoms with Gasteiger partial charge in [0.1, 0.15) is 0 Å². The third-order valence-corrected chi connectivity index (χ3v) is 5.65. The number of amides is 1. The molecule has 24 heavy (non-hydrogen) atoms. The van der Waals surface area contributed by atoms with Gasteiger partial charge in [0, 0.05) is 36.0 Å². The maximum atomic E-state index is 12.5. The van der Waals surface area contributed by atoms with E-state index in [0.29, 0.717) is 12.3 Å². The molecule has 0 atom stereocenters. The molecule has 0 spiro atoms. The van der Waals surface area contributed by atoms with Gasteiger partial charge in [-0.15, -0.1) is 11.8 Å². The van der Waals surface area contributed by atoms with E-state index in [0.717, 1.165) is 41.7 Å². The summed E-state index contributed by atoms with van der Waals surface area (Å²) in [6, 6.07) is 9.60. The van der Waals surface area contributed by atoms with E-state index in [1.54, 1.807) is 10.6 Å². The Labute approximate surface area is 146 Å². The number of nitrogens with zero attached hydrogens (tertiary/aromatic N) is 2. The van der Waals surface area contributed by atoms with Crippen LogP contribution in [0.4, 0.5) is 0 Å². The van der Waals surface area contributed by atoms with Gasteiger partial charge in [0.05, 0.1) is 11.3 Å². The standard InChI is InChI=1S/C19H24N2O2S/c1-2-21-16-10-6-5-9-15(16)17(13-18(21)22)24-14-19(23)20-11-7-3-4-8-12-20/h5-6,9-10,13H,2-4,7-8,11-12,14H2,1H3. The molecule has 1 aromatic heterocycles. The lowest BCUT2D eigenvalue weighted by molar-refractivity contribution is -0.128. The molecule has 1 aromatic carbocycles. The van der Waals surface area contributed by atoms with Gasteiger partial charge in [0.25, 0.3) is 5.56 Å². The molecule has 2 aromatic rings. The summed E-state index contributed by atoms with van der Waals surface area (Å²) in [5, 5.41) is 1.05. The van der Waals surface area contributed by atoms with Gasteiger partial charge in [-0.1, -0.05) is 31.0 Å². The van der Waals surface area contributed by atoms with Crippen LogP contribution in [0.5, 0.6) is 0 Å². The molecule has 0 saturated carbocycles. The highest BCUT2D eigenvalue weighted by Crippen LogP contribution is 2.27. The molecule has 1 saturated heterocycles. The number of hydrogen-bond donors (Lipinski definition) is 0. The lowest BCUT2D eigenvalue weighted by Crippen LogP contribution is -2.33. The van der Waals surface area contributed by atoms with Crippen molar-refractivity contribution in [3.63, 3.8) is 0 Å². The lowest BCUT2D eigenvalue weighted by Gasteiger charge is -2.20. The van der Waals surface area contributed by atoms with E-state index in [9.17, 15) is 9.59 Å². The first-order valence-corrected chi connectivity index (χ1v) is 9.72. The van der Waals surface area contributed by atoms with E-state index in [-0.39, 0.29) is 11.5 Å². The van der Waals surface area contributed by atoms with Crippen LogP contribution in [0.15, 0.2) is 40.0 Å². The highest BCUT2D eigenvalue weighted by molar-refractivity contribution is 8.00. The number of fused-ring (bicyclic) bond motifs is 1. The van der Waals surface area contributed by atoms with Gasteiger partial charge >= 0.3 is 0 Å². The maximum Gasteiger partial charge on any atom is 0.252 e. The van der Waals surface area contributed by atoms with Crippen molar-refractivity contribution in [2.45, 2.75) is 44.0 Å². The third-order valence-electron chi connectivity index (χ3n) is 4.61. The first kappa shape index (κ1) is 17.1. The molecule has 0 bridgehead atoms. The Hall–Kier alpha value is -1.75. The Bertz CT molecular complexity index is 777. The summed E-state index contributed by atoms with van der Waals surface area (Å²) in [4.78, 5) is 27.7. The number of aromatic nitrogens is 1. The van der Waals surface area contributed by atoms with Crippen molar-refractivity contribution in [3.05, 3.63) is 40.7 Å². The van der Waals surface area contributed by atoms with Crippen LogP contribution >= 0.6 is 11.8 Å². The predicted molar refractivity (Wildman–Crippen MR) is 99.7 cm³/mol. The number of rotatable bonds is 4. The van der Waals surface area contributed by atoms with Crippen molar-refractivity contribution in [2.24, 2.45) is 0 Å². The fraction of sp³-hybridized carbons (Fsp3) is 0.474. The first-order chi connectivity index (χ1) is 11.7. The summed E-state index contributed by atoms with van der Waals surface area (Å²) in [7, 11) is 0. The van der Waals surface area contributed by atoms with E-state index < -0.39 is 0 Å². The molecule has 4 nitrogen and oxygen atoms in total. The highest BCUT2D eigenvalue weighted by Gasteiger charge is 2.16. The van der Waals surface area contributed by atoms with Crippen molar-refractivity contribution in [2.75, 3.05) is 18.8 Å². The number of pyridine rings is 1. The molecule has 0 unspecified atom stereocenters. The van der Waals surface area contributed by atoms with Gasteiger partial charge in [-0.3, -0.25) is 9.59 Å². The number of carbonyl (C=O) groups excluding carboxylic acids is 1. The zero-order chi connectivity index (χ0) is 16.9. The van der Waals surface area contributed by atoms with Crippen LogP contribution in [-0.2, 0) is 11.3 Å². The topological polar surface area (TPSA) is 42.3 Å². The predicted octanol–water partition coefficient (Wildman–Crippen LogP) is 3.52. The minimum Gasteiger partial charge on any atom is -0.342 e. The van der Waals surface area contributed by atoms with Crippen LogP contribution in [0.1, 0.15) is 32.6 Å². The summed E-state index contributed by atoms with van der Waals surface area (Å²) >= 11 is 1.49. The van der Waals surface area contributed by atoms with Crippen molar-refractivity contribution < 1.29 is 4.79 Å². The Morgan fingerprint density at radius 3 is 2.54 bits per heavy atom. The first-order valence-electron chi connectivity index (χ1n) is 8.74. The summed E-state index contributed by atoms with van der Waals surface area (Å²) in [6.45, 7) is 4.37. The Kier molecular flexibility index (Phi) is 5.61. The molecule has 3 rings (SSSR count). The van der Waals surface area contributed by atoms with E-state index in [1.807, 2.05) is 36.1 Å². The van der Waals surface area contributed by atoms with Crippen LogP contribution < -0.4 is 5.56 Å². The highest BCUT2D eigenvalue weighted by atomic mass is 32.2. The molecule has 1 fully saturated rings. The molecule has 0 radical (unpaired) electrons. The van der Waals surface area contributed by atoms with Gasteiger partial charge in [-0.05, 0) is 25.8 Å². The zero-order valence-corrected chi connectivity index (χ0v) is 15.0. The van der Waals surface area contributed by atoms with Crippen molar-refractivity contribution >= 4 is 28.6 Å². The number of hydrogen-bond acceptors (Lipinski definition) is 3. The average molecular weight is 344 g/mol. The normalized spacial score (nSPS) is 15.5. The zero-order valence-electron chi connectivity index (χ0n) is 14.2. The molecule has 5 heteroatoms. The van der Waals surface area contributed by atoms with Gasteiger partial charge in [-0.25, -0.2) is 0 Å². The second-order valence-electron chi connectivity index (χ2n) is 6.19. The Morgan fingerprint density at radius 2 is 1.83 bits per heavy atom. The van der Waals surface area contributed by atoms with E-state index in [4.69, 9.17) is 0 Å². The van der Waals surface area contributed by atoms with Crippen LogP contribution in [0, 0.1) is 0 Å². The second kappa shape index (κ2) is 7.88. The molecule has 128 valence electrons. The summed E-state index contributed by atoms with van der Waals surface area (Å²) < 4.78 is 1.77. The number of para-hydroxylation sites is 1. The van der Waals surface area contributed by atoms with E-state index in [1.165, 1.54) is 24.6 Å². The SMILES string of the molecule is CCn1c(=O)cc(SCC(=O)N2CCCCCC2)c2ccccc21. The van der Waals surface area contributed by atoms with Crippen LogP contribution in [0.2, 0.25) is 0 Å². The number of benzene rings is 1. The van der Waals surface area contributed by atoms with Crippen molar-refractivity contribution in [3.8, 4) is 0 Å². The second-order valence-corrected chi connectivity index (χ2v) is 7.21. The molecular weight excluding hydrogens is 320 g/mol. The Morgan fingerprint density at radius 1 is 1.12 bits per heavy atom. The number of aryl methyl sites for hydroxylation is 1.